The van der Waals surface area contributed by atoms with Crippen LogP contribution in [0.3, 0.4) is 0 Å². The lowest BCUT2D eigenvalue weighted by atomic mass is 10.1. The van der Waals surface area contributed by atoms with Crippen molar-refractivity contribution in [3.05, 3.63) is 58.1 Å². The molecular formula is C18H15N3O6. The Morgan fingerprint density at radius 3 is 2.78 bits per heavy atom. The fourth-order valence-electron chi connectivity index (χ4n) is 2.74. The number of aldehydes is 1. The SMILES string of the molecule is C[C@@H](Oc1ccc([N+](=O)[O-])cc1C=O)C(=O)N1CC(=O)Nc2ccccc21. The number of carbonyl (C=O) groups excluding carboxylic acids is 3. The largest absolute Gasteiger partial charge is 0.480 e. The standard InChI is InChI=1S/C18H15N3O6/c1-11(27-16-7-6-13(21(25)26)8-12(16)10-22)18(24)20-9-17(23)19-14-4-2-3-5-15(14)20/h2-8,10-11H,9H2,1H3,(H,19,23)/t11-/m1/s1. The summed E-state index contributed by atoms with van der Waals surface area (Å²) in [6.07, 6.45) is -0.604. The number of hydrogen-bond donors (Lipinski definition) is 1. The molecule has 1 atom stereocenters. The number of ether oxygens (including phenoxy) is 1. The Labute approximate surface area is 153 Å². The number of non-ortho nitro benzene ring substituents is 1. The summed E-state index contributed by atoms with van der Waals surface area (Å²) in [6.45, 7) is 1.32. The first-order valence-corrected chi connectivity index (χ1v) is 8.01. The average Bonchev–Trinajstić information content (AvgIpc) is 2.66. The number of nitrogens with zero attached hydrogens (tertiary/aromatic N) is 2. The number of carbonyl (C=O) groups is 3. The van der Waals surface area contributed by atoms with E-state index >= 15 is 0 Å². The molecule has 9 heteroatoms. The second kappa shape index (κ2) is 7.24. The van der Waals surface area contributed by atoms with E-state index in [1.807, 2.05) is 0 Å². The smallest absolute Gasteiger partial charge is 0.270 e. The van der Waals surface area contributed by atoms with Crippen molar-refractivity contribution in [3.63, 3.8) is 0 Å². The third-order valence-corrected chi connectivity index (χ3v) is 4.02. The van der Waals surface area contributed by atoms with Crippen molar-refractivity contribution in [2.75, 3.05) is 16.8 Å². The Kier molecular flexibility index (Phi) is 4.84. The Morgan fingerprint density at radius 1 is 1.33 bits per heavy atom. The van der Waals surface area contributed by atoms with E-state index in [2.05, 4.69) is 5.32 Å². The fourth-order valence-corrected chi connectivity index (χ4v) is 2.74. The molecule has 1 N–H and O–H groups in total. The summed E-state index contributed by atoms with van der Waals surface area (Å²) < 4.78 is 5.56. The van der Waals surface area contributed by atoms with Crippen LogP contribution in [0.25, 0.3) is 0 Å². The van der Waals surface area contributed by atoms with E-state index in [0.717, 1.165) is 6.07 Å². The molecule has 1 heterocycles. The minimum atomic E-state index is -1.02. The Morgan fingerprint density at radius 2 is 2.07 bits per heavy atom. The maximum absolute atomic E-state index is 12.8. The molecule has 0 fully saturated rings. The molecule has 1 aliphatic rings. The molecule has 0 spiro atoms. The summed E-state index contributed by atoms with van der Waals surface area (Å²) in [7, 11) is 0. The van der Waals surface area contributed by atoms with Gasteiger partial charge in [0, 0.05) is 12.1 Å². The first kappa shape index (κ1) is 18.1. The molecule has 138 valence electrons. The molecule has 0 saturated heterocycles. The van der Waals surface area contributed by atoms with E-state index in [1.165, 1.54) is 24.0 Å². The summed E-state index contributed by atoms with van der Waals surface area (Å²) in [5.74, 6) is -0.767. The third-order valence-electron chi connectivity index (χ3n) is 4.02. The predicted octanol–water partition coefficient (Wildman–Crippen LogP) is 2.16. The van der Waals surface area contributed by atoms with Gasteiger partial charge in [0.25, 0.3) is 11.6 Å². The van der Waals surface area contributed by atoms with Crippen molar-refractivity contribution >= 4 is 35.2 Å². The monoisotopic (exact) mass is 369 g/mol. The van der Waals surface area contributed by atoms with Crippen LogP contribution in [0, 0.1) is 10.1 Å². The normalized spacial score (nSPS) is 14.0. The Hall–Kier alpha value is -3.75. The van der Waals surface area contributed by atoms with Crippen molar-refractivity contribution in [3.8, 4) is 5.75 Å². The Balaban J connectivity index is 1.84. The number of nitro groups is 1. The number of benzene rings is 2. The number of nitrogens with one attached hydrogen (secondary N) is 1. The first-order chi connectivity index (χ1) is 12.9. The van der Waals surface area contributed by atoms with Gasteiger partial charge in [-0.15, -0.1) is 0 Å². The van der Waals surface area contributed by atoms with Crippen LogP contribution in [0.5, 0.6) is 5.75 Å². The summed E-state index contributed by atoms with van der Waals surface area (Å²) in [6, 6.07) is 10.4. The van der Waals surface area contributed by atoms with Gasteiger partial charge in [-0.3, -0.25) is 29.4 Å². The lowest BCUT2D eigenvalue weighted by Crippen LogP contribution is -2.47. The van der Waals surface area contributed by atoms with Gasteiger partial charge < -0.3 is 10.1 Å². The van der Waals surface area contributed by atoms with Gasteiger partial charge in [-0.25, -0.2) is 0 Å². The second-order valence-electron chi connectivity index (χ2n) is 5.85. The van der Waals surface area contributed by atoms with E-state index in [0.29, 0.717) is 17.7 Å². The zero-order chi connectivity index (χ0) is 19.6. The zero-order valence-electron chi connectivity index (χ0n) is 14.2. The number of anilines is 2. The van der Waals surface area contributed by atoms with Crippen molar-refractivity contribution in [2.45, 2.75) is 13.0 Å². The van der Waals surface area contributed by atoms with Crippen molar-refractivity contribution in [1.29, 1.82) is 0 Å². The number of hydrogen-bond acceptors (Lipinski definition) is 6. The molecule has 0 bridgehead atoms. The minimum Gasteiger partial charge on any atom is -0.480 e. The maximum atomic E-state index is 12.8. The van der Waals surface area contributed by atoms with Crippen LogP contribution in [0.4, 0.5) is 17.1 Å². The van der Waals surface area contributed by atoms with Gasteiger partial charge in [-0.1, -0.05) is 12.1 Å². The quantitative estimate of drug-likeness (QED) is 0.490. The molecule has 2 aromatic rings. The third kappa shape index (κ3) is 3.61. The van der Waals surface area contributed by atoms with Crippen LogP contribution in [0.1, 0.15) is 17.3 Å². The van der Waals surface area contributed by atoms with Crippen molar-refractivity contribution in [1.82, 2.24) is 0 Å². The van der Waals surface area contributed by atoms with Gasteiger partial charge in [-0.05, 0) is 25.1 Å². The zero-order valence-corrected chi connectivity index (χ0v) is 14.2. The molecule has 1 aliphatic heterocycles. The predicted molar refractivity (Wildman–Crippen MR) is 96.0 cm³/mol. The molecule has 2 amide bonds. The van der Waals surface area contributed by atoms with Gasteiger partial charge in [0.2, 0.25) is 5.91 Å². The van der Waals surface area contributed by atoms with Crippen LogP contribution in [0.2, 0.25) is 0 Å². The van der Waals surface area contributed by atoms with Gasteiger partial charge in [-0.2, -0.15) is 0 Å². The molecule has 0 radical (unpaired) electrons. The molecule has 9 nitrogen and oxygen atoms in total. The van der Waals surface area contributed by atoms with E-state index < -0.39 is 16.9 Å². The summed E-state index contributed by atoms with van der Waals surface area (Å²) in [5, 5.41) is 13.5. The number of nitro benzene ring substituents is 1. The highest BCUT2D eigenvalue weighted by molar-refractivity contribution is 6.10. The molecule has 0 aliphatic carbocycles. The Bertz CT molecular complexity index is 942. The van der Waals surface area contributed by atoms with Gasteiger partial charge in [0.1, 0.15) is 12.3 Å². The second-order valence-corrected chi connectivity index (χ2v) is 5.85. The highest BCUT2D eigenvalue weighted by atomic mass is 16.6. The topological polar surface area (TPSA) is 119 Å². The van der Waals surface area contributed by atoms with Crippen LogP contribution in [0.15, 0.2) is 42.5 Å². The lowest BCUT2D eigenvalue weighted by molar-refractivity contribution is -0.384. The van der Waals surface area contributed by atoms with Gasteiger partial charge in [0.05, 0.1) is 21.9 Å². The summed E-state index contributed by atoms with van der Waals surface area (Å²) in [5.41, 5.74) is 0.751. The van der Waals surface area contributed by atoms with Crippen molar-refractivity contribution in [2.24, 2.45) is 0 Å². The molecule has 0 unspecified atom stereocenters. The first-order valence-electron chi connectivity index (χ1n) is 8.01. The highest BCUT2D eigenvalue weighted by Crippen LogP contribution is 2.30. The van der Waals surface area contributed by atoms with Crippen LogP contribution in [-0.2, 0) is 9.59 Å². The molecule has 0 aromatic heterocycles. The van der Waals surface area contributed by atoms with Gasteiger partial charge in [0.15, 0.2) is 12.4 Å². The van der Waals surface area contributed by atoms with E-state index in [4.69, 9.17) is 4.74 Å². The van der Waals surface area contributed by atoms with Gasteiger partial charge >= 0.3 is 0 Å². The van der Waals surface area contributed by atoms with E-state index in [-0.39, 0.29) is 29.5 Å². The maximum Gasteiger partial charge on any atom is 0.270 e. The minimum absolute atomic E-state index is 0.0411. The van der Waals surface area contributed by atoms with E-state index in [1.54, 1.807) is 24.3 Å². The summed E-state index contributed by atoms with van der Waals surface area (Å²) in [4.78, 5) is 47.4. The van der Waals surface area contributed by atoms with E-state index in [9.17, 15) is 24.5 Å². The van der Waals surface area contributed by atoms with Crippen LogP contribution in [-0.4, -0.2) is 35.7 Å². The lowest BCUT2D eigenvalue weighted by Gasteiger charge is -2.31. The summed E-state index contributed by atoms with van der Waals surface area (Å²) >= 11 is 0. The fraction of sp³-hybridized carbons (Fsp3) is 0.167. The number of para-hydroxylation sites is 2. The molecule has 27 heavy (non-hydrogen) atoms. The van der Waals surface area contributed by atoms with Crippen molar-refractivity contribution < 1.29 is 24.0 Å². The van der Waals surface area contributed by atoms with Crippen LogP contribution < -0.4 is 15.0 Å². The molecule has 2 aromatic carbocycles. The molecule has 3 rings (SSSR count). The average molecular weight is 369 g/mol. The number of fused-ring (bicyclic) bond motifs is 1. The highest BCUT2D eigenvalue weighted by Gasteiger charge is 2.31. The number of rotatable bonds is 5. The molecular weight excluding hydrogens is 354 g/mol. The molecule has 0 saturated carbocycles. The van der Waals surface area contributed by atoms with Crippen LogP contribution >= 0.6 is 0 Å². The number of amides is 2.